The third-order valence-electron chi connectivity index (χ3n) is 4.84. The van der Waals surface area contributed by atoms with E-state index in [1.54, 1.807) is 11.2 Å². The fourth-order valence-electron chi connectivity index (χ4n) is 3.49. The van der Waals surface area contributed by atoms with Crippen molar-refractivity contribution >= 4 is 17.5 Å². The number of halogens is 3. The third kappa shape index (κ3) is 4.84. The van der Waals surface area contributed by atoms with Gasteiger partial charge in [0.05, 0.1) is 29.3 Å². The van der Waals surface area contributed by atoms with Crippen LogP contribution in [-0.2, 0) is 15.8 Å². The molecule has 1 amide bonds. The number of nitrogens with zero attached hydrogens (tertiary/aromatic N) is 3. The van der Waals surface area contributed by atoms with Crippen molar-refractivity contribution in [1.82, 2.24) is 15.9 Å². The molecule has 0 bridgehead atoms. The highest BCUT2D eigenvalue weighted by atomic mass is 19.4. The summed E-state index contributed by atoms with van der Waals surface area (Å²) in [7, 11) is 1.41. The molecular weight excluding hydrogens is 411 g/mol. The van der Waals surface area contributed by atoms with Crippen LogP contribution in [-0.4, -0.2) is 48.3 Å². The summed E-state index contributed by atoms with van der Waals surface area (Å²) < 4.78 is 46.4. The number of rotatable bonds is 5. The fraction of sp³-hybridized carbons (Fsp3) is 0.471. The number of amides is 1. The Morgan fingerprint density at radius 1 is 1.47 bits per heavy atom. The van der Waals surface area contributed by atoms with E-state index in [1.165, 1.54) is 18.2 Å². The molecule has 2 heterocycles. The van der Waals surface area contributed by atoms with Gasteiger partial charge in [0.15, 0.2) is 0 Å². The molecule has 1 aromatic rings. The largest absolute Gasteiger partial charge is 0.446 e. The van der Waals surface area contributed by atoms with Gasteiger partial charge in [0.1, 0.15) is 12.4 Å². The van der Waals surface area contributed by atoms with Crippen molar-refractivity contribution in [1.29, 1.82) is 0 Å². The highest BCUT2D eigenvalue weighted by Gasteiger charge is 2.40. The minimum Gasteiger partial charge on any atom is -0.446 e. The molecule has 0 aliphatic carbocycles. The number of nitro groups is 1. The maximum Gasteiger partial charge on any atom is 0.418 e. The number of ether oxygens (including phenoxy) is 1. The zero-order valence-electron chi connectivity index (χ0n) is 15.9. The summed E-state index contributed by atoms with van der Waals surface area (Å²) in [5.74, 6) is 0. The molecule has 13 heteroatoms. The van der Waals surface area contributed by atoms with Gasteiger partial charge in [-0.15, -0.1) is 0 Å². The van der Waals surface area contributed by atoms with Crippen molar-refractivity contribution in [3.8, 4) is 0 Å². The van der Waals surface area contributed by atoms with Crippen LogP contribution in [0.4, 0.5) is 29.3 Å². The van der Waals surface area contributed by atoms with Crippen LogP contribution in [0.1, 0.15) is 18.4 Å². The third-order valence-corrected chi connectivity index (χ3v) is 4.84. The molecule has 1 aromatic carbocycles. The zero-order valence-corrected chi connectivity index (χ0v) is 15.9. The second kappa shape index (κ2) is 8.65. The van der Waals surface area contributed by atoms with Gasteiger partial charge in [0.25, 0.3) is 5.69 Å². The van der Waals surface area contributed by atoms with Gasteiger partial charge in [-0.25, -0.2) is 4.79 Å². The second-order valence-electron chi connectivity index (χ2n) is 6.75. The lowest BCUT2D eigenvalue weighted by Crippen LogP contribution is -2.52. The molecule has 0 spiro atoms. The van der Waals surface area contributed by atoms with Crippen LogP contribution in [0.15, 0.2) is 30.7 Å². The Morgan fingerprint density at radius 2 is 2.23 bits per heavy atom. The van der Waals surface area contributed by atoms with Crippen LogP contribution in [0.5, 0.6) is 0 Å². The Morgan fingerprint density at radius 3 is 2.83 bits per heavy atom. The van der Waals surface area contributed by atoms with Crippen molar-refractivity contribution in [2.45, 2.75) is 31.2 Å². The van der Waals surface area contributed by atoms with Crippen LogP contribution < -0.4 is 15.8 Å². The van der Waals surface area contributed by atoms with Gasteiger partial charge in [-0.3, -0.25) is 15.1 Å². The molecule has 164 valence electrons. The maximum atomic E-state index is 13.7. The SMILES string of the molecule is CNC(=O)OC1CCN(c2ccc([N+](=O)[O-])cc2C(F)(F)F)C(CN2C=CON2)C1. The quantitative estimate of drug-likeness (QED) is 0.541. The first-order valence-electron chi connectivity index (χ1n) is 9.04. The standard InChI is InChI=1S/C17H20F3N5O5/c1-21-16(26)30-13-4-5-24(12(8-13)10-23-6-7-29-22-23)15-3-2-11(25(27)28)9-14(15)17(18,19)20/h2-3,6-7,9,12-13,22H,4-5,8,10H2,1H3,(H,21,26). The van der Waals surface area contributed by atoms with Gasteiger partial charge in [0, 0.05) is 44.3 Å². The second-order valence-corrected chi connectivity index (χ2v) is 6.75. The molecule has 10 nitrogen and oxygen atoms in total. The minimum atomic E-state index is -4.78. The Labute approximate surface area is 169 Å². The van der Waals surface area contributed by atoms with Gasteiger partial charge < -0.3 is 19.8 Å². The molecular formula is C17H20F3N5O5. The van der Waals surface area contributed by atoms with Crippen molar-refractivity contribution in [2.24, 2.45) is 0 Å². The number of anilines is 1. The molecule has 0 radical (unpaired) electrons. The molecule has 1 fully saturated rings. The monoisotopic (exact) mass is 431 g/mol. The number of nitrogens with one attached hydrogen (secondary N) is 2. The summed E-state index contributed by atoms with van der Waals surface area (Å²) >= 11 is 0. The highest BCUT2D eigenvalue weighted by molar-refractivity contribution is 5.67. The summed E-state index contributed by atoms with van der Waals surface area (Å²) in [4.78, 5) is 28.1. The lowest BCUT2D eigenvalue weighted by atomic mass is 9.96. The topological polar surface area (TPSA) is 109 Å². The van der Waals surface area contributed by atoms with Crippen LogP contribution in [0.25, 0.3) is 0 Å². The van der Waals surface area contributed by atoms with Crippen molar-refractivity contribution in [2.75, 3.05) is 25.0 Å². The summed E-state index contributed by atoms with van der Waals surface area (Å²) in [5, 5.41) is 14.9. The summed E-state index contributed by atoms with van der Waals surface area (Å²) in [6.07, 6.45) is -2.39. The number of carbonyl (C=O) groups excluding carboxylic acids is 1. The highest BCUT2D eigenvalue weighted by Crippen LogP contribution is 2.41. The molecule has 30 heavy (non-hydrogen) atoms. The first-order valence-corrected chi connectivity index (χ1v) is 9.04. The van der Waals surface area contributed by atoms with Crippen molar-refractivity contribution in [3.63, 3.8) is 0 Å². The van der Waals surface area contributed by atoms with Crippen LogP contribution >= 0.6 is 0 Å². The van der Waals surface area contributed by atoms with E-state index >= 15 is 0 Å². The number of carbonyl (C=O) groups is 1. The van der Waals surface area contributed by atoms with Crippen LogP contribution in [0.3, 0.4) is 0 Å². The van der Waals surface area contributed by atoms with Gasteiger partial charge >= 0.3 is 12.3 Å². The lowest BCUT2D eigenvalue weighted by molar-refractivity contribution is -0.385. The summed E-state index contributed by atoms with van der Waals surface area (Å²) in [5.41, 5.74) is 0.679. The van der Waals surface area contributed by atoms with Crippen LogP contribution in [0.2, 0.25) is 0 Å². The molecule has 0 saturated carbocycles. The first-order chi connectivity index (χ1) is 14.2. The van der Waals surface area contributed by atoms with Gasteiger partial charge in [0.2, 0.25) is 0 Å². The lowest BCUT2D eigenvalue weighted by Gasteiger charge is -2.42. The van der Waals surface area contributed by atoms with Gasteiger partial charge in [-0.2, -0.15) is 13.2 Å². The van der Waals surface area contributed by atoms with E-state index in [1.807, 2.05) is 0 Å². The van der Waals surface area contributed by atoms with Crippen molar-refractivity contribution in [3.05, 3.63) is 46.3 Å². The number of non-ortho nitro benzene ring substituents is 1. The molecule has 2 atom stereocenters. The molecule has 1 saturated heterocycles. The smallest absolute Gasteiger partial charge is 0.418 e. The molecule has 2 aliphatic heterocycles. The van der Waals surface area contributed by atoms with E-state index in [4.69, 9.17) is 9.57 Å². The Balaban J connectivity index is 1.92. The Bertz CT molecular complexity index is 834. The van der Waals surface area contributed by atoms with E-state index in [2.05, 4.69) is 10.9 Å². The van der Waals surface area contributed by atoms with E-state index < -0.39 is 40.6 Å². The number of hydrogen-bond acceptors (Lipinski definition) is 8. The molecule has 2 aliphatic rings. The maximum absolute atomic E-state index is 13.7. The Kier molecular flexibility index (Phi) is 6.20. The predicted octanol–water partition coefficient (Wildman–Crippen LogP) is 2.53. The van der Waals surface area contributed by atoms with E-state index in [9.17, 15) is 28.1 Å². The predicted molar refractivity (Wildman–Crippen MR) is 97.9 cm³/mol. The van der Waals surface area contributed by atoms with E-state index in [0.717, 1.165) is 12.1 Å². The molecule has 0 aromatic heterocycles. The van der Waals surface area contributed by atoms with Crippen LogP contribution in [0, 0.1) is 10.1 Å². The number of piperidine rings is 1. The minimum absolute atomic E-state index is 0.158. The normalized spacial score (nSPS) is 21.3. The van der Waals surface area contributed by atoms with Crippen molar-refractivity contribution < 1.29 is 32.5 Å². The van der Waals surface area contributed by atoms with E-state index in [0.29, 0.717) is 12.5 Å². The summed E-state index contributed by atoms with van der Waals surface area (Å²) in [6.45, 7) is 0.379. The zero-order chi connectivity index (χ0) is 21.9. The Hall–Kier alpha value is -3.22. The average Bonchev–Trinajstić information content (AvgIpc) is 3.20. The number of benzene rings is 1. The average molecular weight is 431 g/mol. The number of hydrogen-bond donors (Lipinski definition) is 2. The molecule has 3 rings (SSSR count). The number of hydrazine groups is 1. The molecule has 2 N–H and O–H groups in total. The fourth-order valence-corrected chi connectivity index (χ4v) is 3.49. The number of nitro benzene ring substituents is 1. The van der Waals surface area contributed by atoms with Gasteiger partial charge in [-0.05, 0) is 6.07 Å². The molecule has 2 unspecified atom stereocenters. The number of alkyl halides is 3. The number of alkyl carbamates (subject to hydrolysis) is 1. The first kappa shape index (κ1) is 21.5. The summed E-state index contributed by atoms with van der Waals surface area (Å²) in [6, 6.07) is 2.19. The van der Waals surface area contributed by atoms with Gasteiger partial charge in [-0.1, -0.05) is 5.59 Å². The van der Waals surface area contributed by atoms with E-state index in [-0.39, 0.29) is 25.2 Å².